The topological polar surface area (TPSA) is 29.0 Å². The van der Waals surface area contributed by atoms with Crippen molar-refractivity contribution < 1.29 is 0 Å². The van der Waals surface area contributed by atoms with Crippen molar-refractivity contribution in [2.75, 3.05) is 11.4 Å². The number of rotatable bonds is 2. The fourth-order valence-electron chi connectivity index (χ4n) is 1.91. The Labute approximate surface area is 104 Å². The minimum absolute atomic E-state index is 0.774. The van der Waals surface area contributed by atoms with Crippen LogP contribution in [0.2, 0.25) is 0 Å². The van der Waals surface area contributed by atoms with Crippen LogP contribution < -0.4 is 4.90 Å². The van der Waals surface area contributed by atoms with Gasteiger partial charge in [0.1, 0.15) is 0 Å². The van der Waals surface area contributed by atoms with E-state index in [2.05, 4.69) is 21.4 Å². The number of anilines is 2. The number of hydrogen-bond donors (Lipinski definition) is 0. The van der Waals surface area contributed by atoms with Crippen molar-refractivity contribution in [3.05, 3.63) is 49.6 Å². The van der Waals surface area contributed by atoms with Crippen LogP contribution in [-0.4, -0.2) is 16.5 Å². The molecule has 4 heteroatoms. The summed E-state index contributed by atoms with van der Waals surface area (Å²) >= 11 is 1.73. The Bertz CT molecular complexity index is 523. The predicted molar refractivity (Wildman–Crippen MR) is 69.8 cm³/mol. The maximum atomic E-state index is 4.20. The van der Waals surface area contributed by atoms with Gasteiger partial charge in [-0.1, -0.05) is 17.8 Å². The molecule has 0 unspecified atom stereocenters. The number of fused-ring (bicyclic) bond motifs is 2. The van der Waals surface area contributed by atoms with Crippen molar-refractivity contribution in [2.45, 2.75) is 9.79 Å². The summed E-state index contributed by atoms with van der Waals surface area (Å²) < 4.78 is 0. The zero-order chi connectivity index (χ0) is 11.7. The van der Waals surface area contributed by atoms with Gasteiger partial charge >= 0.3 is 0 Å². The Hall–Kier alpha value is -1.81. The first-order valence-corrected chi connectivity index (χ1v) is 6.16. The molecule has 0 atom stereocenters. The van der Waals surface area contributed by atoms with E-state index in [1.54, 1.807) is 11.8 Å². The van der Waals surface area contributed by atoms with Gasteiger partial charge in [0.2, 0.25) is 0 Å². The SMILES string of the molecule is C=CCN1c2ccncc2Sc2ccncc21. The lowest BCUT2D eigenvalue weighted by Gasteiger charge is -2.30. The van der Waals surface area contributed by atoms with Gasteiger partial charge in [-0.15, -0.1) is 6.58 Å². The van der Waals surface area contributed by atoms with Crippen LogP contribution in [0.5, 0.6) is 0 Å². The highest BCUT2D eigenvalue weighted by Gasteiger charge is 2.22. The lowest BCUT2D eigenvalue weighted by atomic mass is 10.3. The first kappa shape index (κ1) is 10.4. The third-order valence-electron chi connectivity index (χ3n) is 2.64. The van der Waals surface area contributed by atoms with Crippen molar-refractivity contribution in [2.24, 2.45) is 0 Å². The second-order valence-electron chi connectivity index (χ2n) is 3.69. The van der Waals surface area contributed by atoms with E-state index in [4.69, 9.17) is 0 Å². The van der Waals surface area contributed by atoms with E-state index in [9.17, 15) is 0 Å². The van der Waals surface area contributed by atoms with E-state index < -0.39 is 0 Å². The fraction of sp³-hybridized carbons (Fsp3) is 0.0769. The molecule has 0 spiro atoms. The Balaban J connectivity index is 2.16. The van der Waals surface area contributed by atoms with E-state index in [0.29, 0.717) is 0 Å². The van der Waals surface area contributed by atoms with Crippen molar-refractivity contribution >= 4 is 23.1 Å². The maximum absolute atomic E-state index is 4.20. The van der Waals surface area contributed by atoms with Crippen molar-refractivity contribution in [1.82, 2.24) is 9.97 Å². The van der Waals surface area contributed by atoms with E-state index in [-0.39, 0.29) is 0 Å². The summed E-state index contributed by atoms with van der Waals surface area (Å²) in [4.78, 5) is 13.0. The predicted octanol–water partition coefficient (Wildman–Crippen LogP) is 3.27. The molecule has 0 radical (unpaired) electrons. The molecule has 0 N–H and O–H groups in total. The Morgan fingerprint density at radius 2 is 1.94 bits per heavy atom. The van der Waals surface area contributed by atoms with Crippen LogP contribution in [0, 0.1) is 0 Å². The monoisotopic (exact) mass is 241 g/mol. The molecule has 3 nitrogen and oxygen atoms in total. The molecule has 3 heterocycles. The van der Waals surface area contributed by atoms with Crippen LogP contribution >= 0.6 is 11.8 Å². The molecule has 1 aliphatic rings. The molecule has 84 valence electrons. The van der Waals surface area contributed by atoms with Crippen molar-refractivity contribution in [3.8, 4) is 0 Å². The number of pyridine rings is 2. The average molecular weight is 241 g/mol. The quantitative estimate of drug-likeness (QED) is 0.755. The van der Waals surface area contributed by atoms with E-state index >= 15 is 0 Å². The first-order chi connectivity index (χ1) is 8.40. The fourth-order valence-corrected chi connectivity index (χ4v) is 2.94. The minimum Gasteiger partial charge on any atom is -0.334 e. The summed E-state index contributed by atoms with van der Waals surface area (Å²) in [6.07, 6.45) is 9.34. The van der Waals surface area contributed by atoms with Crippen LogP contribution in [0.25, 0.3) is 0 Å². The molecule has 3 rings (SSSR count). The molecule has 0 saturated heterocycles. The smallest absolute Gasteiger partial charge is 0.0742 e. The normalized spacial score (nSPS) is 12.8. The van der Waals surface area contributed by atoms with Gasteiger partial charge in [0.15, 0.2) is 0 Å². The van der Waals surface area contributed by atoms with Gasteiger partial charge in [0.05, 0.1) is 22.5 Å². The van der Waals surface area contributed by atoms with Gasteiger partial charge in [-0.2, -0.15) is 0 Å². The van der Waals surface area contributed by atoms with E-state index in [0.717, 1.165) is 12.2 Å². The van der Waals surface area contributed by atoms with Gasteiger partial charge in [-0.3, -0.25) is 9.97 Å². The molecule has 2 aromatic rings. The van der Waals surface area contributed by atoms with Crippen molar-refractivity contribution in [1.29, 1.82) is 0 Å². The third-order valence-corrected chi connectivity index (χ3v) is 3.74. The molecular formula is C13H11N3S. The Kier molecular flexibility index (Phi) is 2.57. The third kappa shape index (κ3) is 1.70. The Morgan fingerprint density at radius 1 is 1.12 bits per heavy atom. The summed E-state index contributed by atoms with van der Waals surface area (Å²) in [5, 5.41) is 0. The molecule has 0 aromatic carbocycles. The molecule has 0 saturated carbocycles. The van der Waals surface area contributed by atoms with Gasteiger partial charge in [0.25, 0.3) is 0 Å². The molecule has 0 aliphatic carbocycles. The second kappa shape index (κ2) is 4.22. The number of nitrogens with zero attached hydrogens (tertiary/aromatic N) is 3. The molecule has 2 aromatic heterocycles. The lowest BCUT2D eigenvalue weighted by molar-refractivity contribution is 1.01. The molecule has 0 bridgehead atoms. The largest absolute Gasteiger partial charge is 0.334 e. The van der Waals surface area contributed by atoms with Gasteiger partial charge < -0.3 is 4.90 Å². The summed E-state index contributed by atoms with van der Waals surface area (Å²) in [6, 6.07) is 4.06. The van der Waals surface area contributed by atoms with Gasteiger partial charge in [0, 0.05) is 30.0 Å². The summed E-state index contributed by atoms with van der Waals surface area (Å²) in [5.41, 5.74) is 2.31. The van der Waals surface area contributed by atoms with Crippen LogP contribution in [0.1, 0.15) is 0 Å². The van der Waals surface area contributed by atoms with Gasteiger partial charge in [-0.05, 0) is 12.1 Å². The van der Waals surface area contributed by atoms with Crippen molar-refractivity contribution in [3.63, 3.8) is 0 Å². The van der Waals surface area contributed by atoms with E-state index in [1.807, 2.05) is 43.0 Å². The van der Waals surface area contributed by atoms with Crippen LogP contribution in [0.15, 0.2) is 59.4 Å². The Morgan fingerprint density at radius 3 is 2.82 bits per heavy atom. The highest BCUT2D eigenvalue weighted by molar-refractivity contribution is 7.99. The average Bonchev–Trinajstić information content (AvgIpc) is 2.39. The lowest BCUT2D eigenvalue weighted by Crippen LogP contribution is -2.20. The zero-order valence-corrected chi connectivity index (χ0v) is 10.0. The molecule has 1 aliphatic heterocycles. The molecule has 0 amide bonds. The maximum Gasteiger partial charge on any atom is 0.0742 e. The summed E-state index contributed by atoms with van der Waals surface area (Å²) in [6.45, 7) is 4.59. The highest BCUT2D eigenvalue weighted by Crippen LogP contribution is 2.46. The summed E-state index contributed by atoms with van der Waals surface area (Å²) in [7, 11) is 0. The highest BCUT2D eigenvalue weighted by atomic mass is 32.2. The molecule has 0 fully saturated rings. The number of hydrogen-bond acceptors (Lipinski definition) is 4. The van der Waals surface area contributed by atoms with Crippen LogP contribution in [-0.2, 0) is 0 Å². The molecular weight excluding hydrogens is 230 g/mol. The second-order valence-corrected chi connectivity index (χ2v) is 4.77. The summed E-state index contributed by atoms with van der Waals surface area (Å²) in [5.74, 6) is 0. The van der Waals surface area contributed by atoms with Gasteiger partial charge in [-0.25, -0.2) is 0 Å². The minimum atomic E-state index is 0.774. The standard InChI is InChI=1S/C13H11N3S/c1-2-7-16-10-3-5-15-9-13(10)17-12-4-6-14-8-11(12)16/h2-6,8-9H,1,7H2. The number of aromatic nitrogens is 2. The van der Waals surface area contributed by atoms with Crippen LogP contribution in [0.3, 0.4) is 0 Å². The first-order valence-electron chi connectivity index (χ1n) is 5.34. The molecule has 17 heavy (non-hydrogen) atoms. The van der Waals surface area contributed by atoms with E-state index in [1.165, 1.54) is 15.5 Å². The zero-order valence-electron chi connectivity index (χ0n) is 9.21. The van der Waals surface area contributed by atoms with Crippen LogP contribution in [0.4, 0.5) is 11.4 Å².